The van der Waals surface area contributed by atoms with Crippen molar-refractivity contribution in [1.82, 2.24) is 15.2 Å². The molecule has 0 saturated heterocycles. The summed E-state index contributed by atoms with van der Waals surface area (Å²) in [7, 11) is 0. The molecule has 0 atom stereocenters. The standard InChI is InChI=1S/C13H22N4O/c1-13(2,3)11-8-14-12(17-16-11)15-9-4-6-10(18)7-5-9/h8-10,18H,4-7H2,1-3H3,(H,14,15,17). The van der Waals surface area contributed by atoms with Crippen molar-refractivity contribution in [2.45, 2.75) is 64.0 Å². The third-order valence-corrected chi connectivity index (χ3v) is 3.36. The van der Waals surface area contributed by atoms with E-state index in [1.165, 1.54) is 0 Å². The fraction of sp³-hybridized carbons (Fsp3) is 0.769. The average Bonchev–Trinajstić information content (AvgIpc) is 2.32. The van der Waals surface area contributed by atoms with E-state index in [0.717, 1.165) is 31.4 Å². The number of nitrogens with one attached hydrogen (secondary N) is 1. The molecular formula is C13H22N4O. The predicted octanol–water partition coefficient (Wildman–Crippen LogP) is 1.88. The normalized spacial score (nSPS) is 24.9. The maximum atomic E-state index is 9.45. The Morgan fingerprint density at radius 3 is 2.33 bits per heavy atom. The Morgan fingerprint density at radius 2 is 1.83 bits per heavy atom. The van der Waals surface area contributed by atoms with E-state index < -0.39 is 0 Å². The molecule has 1 aliphatic carbocycles. The van der Waals surface area contributed by atoms with E-state index in [1.807, 2.05) is 0 Å². The topological polar surface area (TPSA) is 70.9 Å². The number of aliphatic hydroxyl groups is 1. The molecular weight excluding hydrogens is 228 g/mol. The molecule has 5 nitrogen and oxygen atoms in total. The number of nitrogens with zero attached hydrogens (tertiary/aromatic N) is 3. The second-order valence-electron chi connectivity index (χ2n) is 6.07. The Kier molecular flexibility index (Phi) is 3.80. The fourth-order valence-corrected chi connectivity index (χ4v) is 2.09. The third kappa shape index (κ3) is 3.38. The lowest BCUT2D eigenvalue weighted by Gasteiger charge is -2.26. The molecule has 0 aliphatic heterocycles. The summed E-state index contributed by atoms with van der Waals surface area (Å²) in [5, 5.41) is 21.1. The molecule has 18 heavy (non-hydrogen) atoms. The van der Waals surface area contributed by atoms with Gasteiger partial charge in [0.05, 0.1) is 18.0 Å². The Morgan fingerprint density at radius 1 is 1.17 bits per heavy atom. The van der Waals surface area contributed by atoms with Gasteiger partial charge in [-0.25, -0.2) is 4.98 Å². The number of anilines is 1. The van der Waals surface area contributed by atoms with Crippen LogP contribution in [0.1, 0.15) is 52.1 Å². The molecule has 100 valence electrons. The molecule has 5 heteroatoms. The zero-order chi connectivity index (χ0) is 13.2. The Bertz CT molecular complexity index is 377. The molecule has 1 saturated carbocycles. The molecule has 1 aromatic rings. The van der Waals surface area contributed by atoms with E-state index in [4.69, 9.17) is 0 Å². The van der Waals surface area contributed by atoms with Gasteiger partial charge in [-0.3, -0.25) is 0 Å². The molecule has 1 aliphatic rings. The maximum absolute atomic E-state index is 9.45. The highest BCUT2D eigenvalue weighted by molar-refractivity contribution is 5.24. The van der Waals surface area contributed by atoms with Crippen molar-refractivity contribution in [3.63, 3.8) is 0 Å². The first-order valence-electron chi connectivity index (χ1n) is 6.60. The molecule has 0 unspecified atom stereocenters. The van der Waals surface area contributed by atoms with Crippen LogP contribution in [0.3, 0.4) is 0 Å². The van der Waals surface area contributed by atoms with Crippen molar-refractivity contribution in [3.05, 3.63) is 11.9 Å². The van der Waals surface area contributed by atoms with E-state index in [9.17, 15) is 5.11 Å². The average molecular weight is 250 g/mol. The summed E-state index contributed by atoms with van der Waals surface area (Å²) in [6.45, 7) is 6.27. The highest BCUT2D eigenvalue weighted by atomic mass is 16.3. The fourth-order valence-electron chi connectivity index (χ4n) is 2.09. The molecule has 2 N–H and O–H groups in total. The van der Waals surface area contributed by atoms with Gasteiger partial charge in [-0.1, -0.05) is 20.8 Å². The van der Waals surface area contributed by atoms with Gasteiger partial charge >= 0.3 is 0 Å². The second-order valence-corrected chi connectivity index (χ2v) is 6.07. The third-order valence-electron chi connectivity index (χ3n) is 3.36. The van der Waals surface area contributed by atoms with Gasteiger partial charge in [0.15, 0.2) is 0 Å². The molecule has 0 bridgehead atoms. The minimum absolute atomic E-state index is 0.0204. The van der Waals surface area contributed by atoms with E-state index in [0.29, 0.717) is 12.0 Å². The van der Waals surface area contributed by atoms with Crippen LogP contribution >= 0.6 is 0 Å². The van der Waals surface area contributed by atoms with Crippen LogP contribution in [0.2, 0.25) is 0 Å². The first kappa shape index (κ1) is 13.2. The molecule has 2 rings (SSSR count). The largest absolute Gasteiger partial charge is 0.393 e. The van der Waals surface area contributed by atoms with Crippen LogP contribution in [0.5, 0.6) is 0 Å². The van der Waals surface area contributed by atoms with Crippen molar-refractivity contribution in [2.75, 3.05) is 5.32 Å². The number of hydrogen-bond donors (Lipinski definition) is 2. The summed E-state index contributed by atoms with van der Waals surface area (Å²) in [6, 6.07) is 0.357. The minimum Gasteiger partial charge on any atom is -0.393 e. The number of hydrogen-bond acceptors (Lipinski definition) is 5. The van der Waals surface area contributed by atoms with Crippen LogP contribution in [0.15, 0.2) is 6.20 Å². The monoisotopic (exact) mass is 250 g/mol. The van der Waals surface area contributed by atoms with Gasteiger partial charge in [0.2, 0.25) is 5.95 Å². The quantitative estimate of drug-likeness (QED) is 0.838. The summed E-state index contributed by atoms with van der Waals surface area (Å²) >= 11 is 0. The summed E-state index contributed by atoms with van der Waals surface area (Å²) in [6.07, 6.45) is 5.28. The lowest BCUT2D eigenvalue weighted by molar-refractivity contribution is 0.126. The van der Waals surface area contributed by atoms with Crippen molar-refractivity contribution in [1.29, 1.82) is 0 Å². The van der Waals surface area contributed by atoms with Gasteiger partial charge < -0.3 is 10.4 Å². The molecule has 0 amide bonds. The van der Waals surface area contributed by atoms with Crippen molar-refractivity contribution >= 4 is 5.95 Å². The Labute approximate surface area is 108 Å². The van der Waals surface area contributed by atoms with Crippen molar-refractivity contribution in [2.24, 2.45) is 0 Å². The lowest BCUT2D eigenvalue weighted by atomic mass is 9.93. The number of rotatable bonds is 2. The second kappa shape index (κ2) is 5.18. The zero-order valence-corrected chi connectivity index (χ0v) is 11.3. The van der Waals surface area contributed by atoms with Gasteiger partial charge in [-0.05, 0) is 25.7 Å². The van der Waals surface area contributed by atoms with Gasteiger partial charge in [-0.2, -0.15) is 0 Å². The lowest BCUT2D eigenvalue weighted by Crippen LogP contribution is -2.29. The van der Waals surface area contributed by atoms with E-state index in [-0.39, 0.29) is 11.5 Å². The smallest absolute Gasteiger partial charge is 0.242 e. The summed E-state index contributed by atoms with van der Waals surface area (Å²) in [5.41, 5.74) is 0.875. The highest BCUT2D eigenvalue weighted by Crippen LogP contribution is 2.21. The van der Waals surface area contributed by atoms with E-state index in [1.54, 1.807) is 6.20 Å². The molecule has 1 fully saturated rings. The zero-order valence-electron chi connectivity index (χ0n) is 11.3. The van der Waals surface area contributed by atoms with Gasteiger partial charge in [0.1, 0.15) is 0 Å². The molecule has 1 heterocycles. The number of aromatic nitrogens is 3. The Hall–Kier alpha value is -1.23. The van der Waals surface area contributed by atoms with Crippen LogP contribution in [0.25, 0.3) is 0 Å². The summed E-state index contributed by atoms with van der Waals surface area (Å²) < 4.78 is 0. The minimum atomic E-state index is -0.134. The van der Waals surface area contributed by atoms with Crippen LogP contribution in [0.4, 0.5) is 5.95 Å². The summed E-state index contributed by atoms with van der Waals surface area (Å²) in [4.78, 5) is 4.31. The Balaban J connectivity index is 1.94. The highest BCUT2D eigenvalue weighted by Gasteiger charge is 2.21. The molecule has 0 radical (unpaired) electrons. The van der Waals surface area contributed by atoms with Crippen LogP contribution in [-0.2, 0) is 5.41 Å². The number of aliphatic hydroxyl groups excluding tert-OH is 1. The van der Waals surface area contributed by atoms with Gasteiger partial charge in [0, 0.05) is 11.5 Å². The maximum Gasteiger partial charge on any atom is 0.242 e. The first-order valence-corrected chi connectivity index (χ1v) is 6.60. The van der Waals surface area contributed by atoms with Crippen LogP contribution < -0.4 is 5.32 Å². The van der Waals surface area contributed by atoms with Crippen LogP contribution in [0, 0.1) is 0 Å². The first-order chi connectivity index (χ1) is 8.45. The predicted molar refractivity (Wildman–Crippen MR) is 70.4 cm³/mol. The SMILES string of the molecule is CC(C)(C)c1cnc(NC2CCC(O)CC2)nn1. The van der Waals surface area contributed by atoms with Crippen molar-refractivity contribution in [3.8, 4) is 0 Å². The molecule has 1 aromatic heterocycles. The van der Waals surface area contributed by atoms with Gasteiger partial charge in [-0.15, -0.1) is 10.2 Å². The van der Waals surface area contributed by atoms with Crippen LogP contribution in [-0.4, -0.2) is 32.4 Å². The van der Waals surface area contributed by atoms with E-state index >= 15 is 0 Å². The molecule has 0 aromatic carbocycles. The summed E-state index contributed by atoms with van der Waals surface area (Å²) in [5.74, 6) is 0.587. The van der Waals surface area contributed by atoms with Crippen molar-refractivity contribution < 1.29 is 5.11 Å². The van der Waals surface area contributed by atoms with E-state index in [2.05, 4.69) is 41.3 Å². The van der Waals surface area contributed by atoms with Gasteiger partial charge in [0.25, 0.3) is 0 Å². The molecule has 0 spiro atoms.